The number of hydrogen-bond donors (Lipinski definition) is 0. The average molecular weight is 325 g/mol. The normalized spacial score (nSPS) is 10.8. The van der Waals surface area contributed by atoms with Crippen LogP contribution in [0, 0.1) is 0 Å². The summed E-state index contributed by atoms with van der Waals surface area (Å²) in [6.45, 7) is 7.23. The molecule has 0 fully saturated rings. The van der Waals surface area contributed by atoms with Crippen LogP contribution in [-0.2, 0) is 19.6 Å². The van der Waals surface area contributed by atoms with Gasteiger partial charge in [-0.25, -0.2) is 28.1 Å². The van der Waals surface area contributed by atoms with E-state index in [2.05, 4.69) is 13.2 Å². The van der Waals surface area contributed by atoms with Crippen LogP contribution in [0.4, 0.5) is 0 Å². The van der Waals surface area contributed by atoms with E-state index in [0.29, 0.717) is 0 Å². The standard InChI is InChI=1S/C18H19N3O3/c1-3-12-19-16(22)20(13-4-2)18(24)21(17(19)23)14-8-11-15-9-6-5-7-10-15/h3-11H,1-2,12-14H2/b11-8+. The largest absolute Gasteiger partial charge is 0.336 e. The molecule has 0 aliphatic heterocycles. The molecule has 0 radical (unpaired) electrons. The van der Waals surface area contributed by atoms with Crippen molar-refractivity contribution in [3.05, 3.63) is 98.7 Å². The average Bonchev–Trinajstić information content (AvgIpc) is 2.59. The summed E-state index contributed by atoms with van der Waals surface area (Å²) in [6.07, 6.45) is 6.40. The Morgan fingerprint density at radius 3 is 1.67 bits per heavy atom. The predicted octanol–water partition coefficient (Wildman–Crippen LogP) is 1.26. The summed E-state index contributed by atoms with van der Waals surface area (Å²) < 4.78 is 2.98. The van der Waals surface area contributed by atoms with Gasteiger partial charge in [-0.15, -0.1) is 13.2 Å². The highest BCUT2D eigenvalue weighted by atomic mass is 16.2. The maximum Gasteiger partial charge on any atom is 0.336 e. The fraction of sp³-hybridized carbons (Fsp3) is 0.167. The molecule has 0 spiro atoms. The Balaban J connectivity index is 2.48. The summed E-state index contributed by atoms with van der Waals surface area (Å²) in [7, 11) is 0. The minimum Gasteiger partial charge on any atom is -0.247 e. The van der Waals surface area contributed by atoms with E-state index in [4.69, 9.17) is 0 Å². The number of aromatic nitrogens is 3. The van der Waals surface area contributed by atoms with Gasteiger partial charge < -0.3 is 0 Å². The first kappa shape index (κ1) is 17.2. The van der Waals surface area contributed by atoms with Crippen LogP contribution in [0.3, 0.4) is 0 Å². The maximum absolute atomic E-state index is 12.4. The third-order valence-electron chi connectivity index (χ3n) is 3.41. The molecule has 0 aliphatic rings. The topological polar surface area (TPSA) is 66.0 Å². The summed E-state index contributed by atoms with van der Waals surface area (Å²) in [5, 5.41) is 0. The zero-order chi connectivity index (χ0) is 17.5. The van der Waals surface area contributed by atoms with Crippen molar-refractivity contribution in [2.24, 2.45) is 0 Å². The van der Waals surface area contributed by atoms with Crippen LogP contribution in [0.15, 0.2) is 76.1 Å². The quantitative estimate of drug-likeness (QED) is 0.720. The molecule has 1 aromatic heterocycles. The second kappa shape index (κ2) is 7.92. The van der Waals surface area contributed by atoms with Crippen LogP contribution < -0.4 is 17.1 Å². The highest BCUT2D eigenvalue weighted by Crippen LogP contribution is 2.00. The van der Waals surface area contributed by atoms with Crippen LogP contribution in [0.1, 0.15) is 5.56 Å². The first-order valence-electron chi connectivity index (χ1n) is 7.48. The first-order chi connectivity index (χ1) is 11.6. The van der Waals surface area contributed by atoms with Crippen LogP contribution in [0.2, 0.25) is 0 Å². The van der Waals surface area contributed by atoms with Crippen molar-refractivity contribution < 1.29 is 0 Å². The lowest BCUT2D eigenvalue weighted by Crippen LogP contribution is -2.54. The molecule has 2 aromatic rings. The summed E-state index contributed by atoms with van der Waals surface area (Å²) in [5.41, 5.74) is -1.00. The predicted molar refractivity (Wildman–Crippen MR) is 95.1 cm³/mol. The Bertz CT molecular complexity index is 882. The van der Waals surface area contributed by atoms with Gasteiger partial charge in [0, 0.05) is 0 Å². The molecule has 0 unspecified atom stereocenters. The smallest absolute Gasteiger partial charge is 0.247 e. The van der Waals surface area contributed by atoms with Crippen molar-refractivity contribution >= 4 is 6.08 Å². The molecule has 1 aromatic carbocycles. The lowest BCUT2D eigenvalue weighted by Gasteiger charge is -2.10. The highest BCUT2D eigenvalue weighted by Gasteiger charge is 2.12. The molecule has 0 amide bonds. The highest BCUT2D eigenvalue weighted by molar-refractivity contribution is 5.48. The van der Waals surface area contributed by atoms with Crippen LogP contribution >= 0.6 is 0 Å². The Hall–Kier alpha value is -3.15. The molecule has 1 heterocycles. The summed E-state index contributed by atoms with van der Waals surface area (Å²) in [4.78, 5) is 37.0. The maximum atomic E-state index is 12.4. The summed E-state index contributed by atoms with van der Waals surface area (Å²) in [5.74, 6) is 0. The number of rotatable bonds is 7. The lowest BCUT2D eigenvalue weighted by atomic mass is 10.2. The third-order valence-corrected chi connectivity index (χ3v) is 3.41. The van der Waals surface area contributed by atoms with Gasteiger partial charge in [0.15, 0.2) is 0 Å². The van der Waals surface area contributed by atoms with Gasteiger partial charge in [-0.05, 0) is 5.56 Å². The molecule has 24 heavy (non-hydrogen) atoms. The van der Waals surface area contributed by atoms with Crippen LogP contribution in [0.25, 0.3) is 6.08 Å². The van der Waals surface area contributed by atoms with Gasteiger partial charge in [-0.3, -0.25) is 0 Å². The first-order valence-corrected chi connectivity index (χ1v) is 7.48. The molecular weight excluding hydrogens is 306 g/mol. The monoisotopic (exact) mass is 325 g/mol. The van der Waals surface area contributed by atoms with Crippen molar-refractivity contribution in [2.45, 2.75) is 19.6 Å². The Labute approximate surface area is 138 Å². The van der Waals surface area contributed by atoms with E-state index in [0.717, 1.165) is 19.3 Å². The molecule has 6 heteroatoms. The van der Waals surface area contributed by atoms with E-state index in [1.54, 1.807) is 6.08 Å². The Kier molecular flexibility index (Phi) is 5.68. The molecule has 0 atom stereocenters. The van der Waals surface area contributed by atoms with Gasteiger partial charge in [0.1, 0.15) is 0 Å². The Morgan fingerprint density at radius 1 is 0.750 bits per heavy atom. The van der Waals surface area contributed by atoms with Crippen molar-refractivity contribution in [1.29, 1.82) is 0 Å². The van der Waals surface area contributed by atoms with Crippen LogP contribution in [-0.4, -0.2) is 13.7 Å². The molecule has 0 bridgehead atoms. The zero-order valence-electron chi connectivity index (χ0n) is 13.3. The number of nitrogens with zero attached hydrogens (tertiary/aromatic N) is 3. The molecule has 124 valence electrons. The van der Waals surface area contributed by atoms with Gasteiger partial charge in [-0.2, -0.15) is 0 Å². The van der Waals surface area contributed by atoms with Gasteiger partial charge >= 0.3 is 17.1 Å². The summed E-state index contributed by atoms with van der Waals surface area (Å²) >= 11 is 0. The minimum atomic E-state index is -0.659. The zero-order valence-corrected chi connectivity index (χ0v) is 13.3. The Morgan fingerprint density at radius 2 is 1.21 bits per heavy atom. The van der Waals surface area contributed by atoms with E-state index in [9.17, 15) is 14.4 Å². The van der Waals surface area contributed by atoms with Crippen LogP contribution in [0.5, 0.6) is 0 Å². The molecule has 2 rings (SSSR count). The van der Waals surface area contributed by atoms with Gasteiger partial charge in [0.05, 0.1) is 19.6 Å². The van der Waals surface area contributed by atoms with E-state index in [1.807, 2.05) is 36.4 Å². The number of benzene rings is 1. The van der Waals surface area contributed by atoms with Crippen molar-refractivity contribution in [3.63, 3.8) is 0 Å². The van der Waals surface area contributed by atoms with Gasteiger partial charge in [0.2, 0.25) is 0 Å². The van der Waals surface area contributed by atoms with E-state index in [-0.39, 0.29) is 19.6 Å². The number of hydrogen-bond acceptors (Lipinski definition) is 3. The molecule has 6 nitrogen and oxygen atoms in total. The van der Waals surface area contributed by atoms with Crippen molar-refractivity contribution in [2.75, 3.05) is 0 Å². The molecule has 0 N–H and O–H groups in total. The molecule has 0 saturated heterocycles. The van der Waals surface area contributed by atoms with Crippen molar-refractivity contribution in [1.82, 2.24) is 13.7 Å². The van der Waals surface area contributed by atoms with E-state index >= 15 is 0 Å². The molecular formula is C18H19N3O3. The second-order valence-electron chi connectivity index (χ2n) is 5.07. The van der Waals surface area contributed by atoms with E-state index < -0.39 is 17.1 Å². The lowest BCUT2D eigenvalue weighted by molar-refractivity contribution is 0.502. The van der Waals surface area contributed by atoms with Crippen molar-refractivity contribution in [3.8, 4) is 0 Å². The fourth-order valence-corrected chi connectivity index (χ4v) is 2.27. The second-order valence-corrected chi connectivity index (χ2v) is 5.07. The van der Waals surface area contributed by atoms with Gasteiger partial charge in [0.25, 0.3) is 0 Å². The molecule has 0 saturated carbocycles. The van der Waals surface area contributed by atoms with E-state index in [1.165, 1.54) is 12.2 Å². The SMILES string of the molecule is C=CCn1c(=O)n(CC=C)c(=O)n(C/C=C/c2ccccc2)c1=O. The number of allylic oxidation sites excluding steroid dienone is 3. The van der Waals surface area contributed by atoms with Gasteiger partial charge in [-0.1, -0.05) is 54.6 Å². The minimum absolute atomic E-state index is 0.0392. The fourth-order valence-electron chi connectivity index (χ4n) is 2.27. The third kappa shape index (κ3) is 3.60. The molecule has 0 aliphatic carbocycles. The summed E-state index contributed by atoms with van der Waals surface area (Å²) in [6, 6.07) is 9.52.